The third-order valence-corrected chi connectivity index (χ3v) is 4.82. The molecule has 0 aliphatic carbocycles. The molecule has 156 valence electrons. The SMILES string of the molecule is COC(=O)C(Cc1ccccc1)NC(=O)CCC1NC(=O)c2ccccc2NC1=O. The van der Waals surface area contributed by atoms with E-state index in [9.17, 15) is 19.2 Å². The van der Waals surface area contributed by atoms with Gasteiger partial charge in [0.2, 0.25) is 11.8 Å². The van der Waals surface area contributed by atoms with E-state index in [1.165, 1.54) is 7.11 Å². The predicted molar refractivity (Wildman–Crippen MR) is 110 cm³/mol. The van der Waals surface area contributed by atoms with Crippen molar-refractivity contribution in [1.82, 2.24) is 10.6 Å². The molecule has 0 saturated carbocycles. The Labute approximate surface area is 174 Å². The van der Waals surface area contributed by atoms with E-state index in [-0.39, 0.29) is 25.2 Å². The molecular weight excluding hydrogens is 386 g/mol. The summed E-state index contributed by atoms with van der Waals surface area (Å²) in [5, 5.41) is 8.00. The number of hydrogen-bond acceptors (Lipinski definition) is 5. The first-order valence-corrected chi connectivity index (χ1v) is 9.60. The van der Waals surface area contributed by atoms with E-state index in [0.717, 1.165) is 5.56 Å². The molecule has 0 radical (unpaired) electrons. The van der Waals surface area contributed by atoms with Gasteiger partial charge in [0, 0.05) is 12.8 Å². The number of carbonyl (C=O) groups excluding carboxylic acids is 4. The fourth-order valence-corrected chi connectivity index (χ4v) is 3.24. The van der Waals surface area contributed by atoms with Crippen LogP contribution < -0.4 is 16.0 Å². The van der Waals surface area contributed by atoms with E-state index in [1.54, 1.807) is 24.3 Å². The zero-order valence-corrected chi connectivity index (χ0v) is 16.5. The Hall–Kier alpha value is -3.68. The van der Waals surface area contributed by atoms with Gasteiger partial charge in [0.05, 0.1) is 18.4 Å². The summed E-state index contributed by atoms with van der Waals surface area (Å²) < 4.78 is 4.79. The lowest BCUT2D eigenvalue weighted by atomic mass is 10.1. The minimum absolute atomic E-state index is 0.0446. The van der Waals surface area contributed by atoms with Gasteiger partial charge >= 0.3 is 5.97 Å². The number of methoxy groups -OCH3 is 1. The molecule has 30 heavy (non-hydrogen) atoms. The fraction of sp³-hybridized carbons (Fsp3) is 0.273. The van der Waals surface area contributed by atoms with E-state index >= 15 is 0 Å². The lowest BCUT2D eigenvalue weighted by Crippen LogP contribution is -2.45. The normalized spacial score (nSPS) is 16.4. The van der Waals surface area contributed by atoms with E-state index in [4.69, 9.17) is 4.74 Å². The number of anilines is 1. The second-order valence-corrected chi connectivity index (χ2v) is 6.93. The van der Waals surface area contributed by atoms with Crippen molar-refractivity contribution in [2.45, 2.75) is 31.3 Å². The first kappa shape index (κ1) is 21.0. The van der Waals surface area contributed by atoms with Crippen molar-refractivity contribution in [2.24, 2.45) is 0 Å². The largest absolute Gasteiger partial charge is 0.467 e. The smallest absolute Gasteiger partial charge is 0.328 e. The first-order valence-electron chi connectivity index (χ1n) is 9.60. The molecule has 1 aliphatic rings. The summed E-state index contributed by atoms with van der Waals surface area (Å²) in [7, 11) is 1.26. The molecule has 8 heteroatoms. The summed E-state index contributed by atoms with van der Waals surface area (Å²) in [6.07, 6.45) is 0.336. The van der Waals surface area contributed by atoms with Crippen LogP contribution in [0.15, 0.2) is 54.6 Å². The van der Waals surface area contributed by atoms with Crippen LogP contribution in [0.25, 0.3) is 0 Å². The molecule has 2 unspecified atom stereocenters. The Balaban J connectivity index is 1.59. The van der Waals surface area contributed by atoms with Crippen LogP contribution in [0, 0.1) is 0 Å². The first-order chi connectivity index (χ1) is 14.5. The molecule has 1 aliphatic heterocycles. The van der Waals surface area contributed by atoms with Crippen LogP contribution in [0.5, 0.6) is 0 Å². The maximum atomic E-state index is 12.4. The summed E-state index contributed by atoms with van der Waals surface area (Å²) in [6.45, 7) is 0. The van der Waals surface area contributed by atoms with Gasteiger partial charge in [-0.05, 0) is 24.1 Å². The van der Waals surface area contributed by atoms with Crippen molar-refractivity contribution in [3.63, 3.8) is 0 Å². The lowest BCUT2D eigenvalue weighted by molar-refractivity contribution is -0.145. The number of ether oxygens (including phenoxy) is 1. The highest BCUT2D eigenvalue weighted by atomic mass is 16.5. The van der Waals surface area contributed by atoms with Crippen LogP contribution in [0.1, 0.15) is 28.8 Å². The minimum atomic E-state index is -0.860. The molecule has 0 saturated heterocycles. The minimum Gasteiger partial charge on any atom is -0.467 e. The van der Waals surface area contributed by atoms with Crippen LogP contribution >= 0.6 is 0 Å². The molecule has 2 atom stereocenters. The summed E-state index contributed by atoms with van der Waals surface area (Å²) in [5.74, 6) is -1.74. The van der Waals surface area contributed by atoms with E-state index in [2.05, 4.69) is 16.0 Å². The van der Waals surface area contributed by atoms with Crippen molar-refractivity contribution in [1.29, 1.82) is 0 Å². The van der Waals surface area contributed by atoms with Crippen LogP contribution in [-0.4, -0.2) is 42.9 Å². The highest BCUT2D eigenvalue weighted by molar-refractivity contribution is 6.09. The number of para-hydroxylation sites is 1. The Kier molecular flexibility index (Phi) is 6.79. The van der Waals surface area contributed by atoms with Crippen LogP contribution in [0.3, 0.4) is 0 Å². The zero-order chi connectivity index (χ0) is 21.5. The number of carbonyl (C=O) groups is 4. The topological polar surface area (TPSA) is 114 Å². The van der Waals surface area contributed by atoms with E-state index in [0.29, 0.717) is 11.3 Å². The predicted octanol–water partition coefficient (Wildman–Crippen LogP) is 1.42. The van der Waals surface area contributed by atoms with Crippen molar-refractivity contribution in [3.05, 3.63) is 65.7 Å². The number of benzene rings is 2. The molecule has 3 N–H and O–H groups in total. The standard InChI is InChI=1S/C22H23N3O5/c1-30-22(29)18(13-14-7-3-2-4-8-14)23-19(26)12-11-17-21(28)24-16-10-6-5-9-15(16)20(27)25-17/h2-10,17-18H,11-13H2,1H3,(H,23,26)(H,24,28)(H,25,27). The molecule has 0 bridgehead atoms. The summed E-state index contributed by atoms with van der Waals surface area (Å²) >= 11 is 0. The zero-order valence-electron chi connectivity index (χ0n) is 16.5. The number of esters is 1. The van der Waals surface area contributed by atoms with Gasteiger partial charge in [-0.3, -0.25) is 14.4 Å². The van der Waals surface area contributed by atoms with Crippen molar-refractivity contribution < 1.29 is 23.9 Å². The molecular formula is C22H23N3O5. The molecule has 2 aromatic rings. The summed E-state index contributed by atoms with van der Waals surface area (Å²) in [6, 6.07) is 14.2. The van der Waals surface area contributed by atoms with Gasteiger partial charge in [0.15, 0.2) is 0 Å². The molecule has 3 amide bonds. The molecule has 0 aromatic heterocycles. The average Bonchev–Trinajstić information content (AvgIpc) is 2.87. The monoisotopic (exact) mass is 409 g/mol. The van der Waals surface area contributed by atoms with Crippen molar-refractivity contribution >= 4 is 29.4 Å². The molecule has 1 heterocycles. The van der Waals surface area contributed by atoms with Gasteiger partial charge in [-0.1, -0.05) is 42.5 Å². The van der Waals surface area contributed by atoms with Gasteiger partial charge in [-0.15, -0.1) is 0 Å². The molecule has 2 aromatic carbocycles. The highest BCUT2D eigenvalue weighted by Gasteiger charge is 2.29. The second kappa shape index (κ2) is 9.69. The number of rotatable bonds is 7. The Morgan fingerprint density at radius 2 is 1.77 bits per heavy atom. The summed E-state index contributed by atoms with van der Waals surface area (Å²) in [5.41, 5.74) is 1.67. The quantitative estimate of drug-likeness (QED) is 0.599. The third kappa shape index (κ3) is 5.22. The van der Waals surface area contributed by atoms with Gasteiger partial charge in [-0.25, -0.2) is 4.79 Å². The average molecular weight is 409 g/mol. The third-order valence-electron chi connectivity index (χ3n) is 4.82. The maximum absolute atomic E-state index is 12.4. The highest BCUT2D eigenvalue weighted by Crippen LogP contribution is 2.19. The number of fused-ring (bicyclic) bond motifs is 1. The summed E-state index contributed by atoms with van der Waals surface area (Å²) in [4.78, 5) is 49.3. The van der Waals surface area contributed by atoms with E-state index in [1.807, 2.05) is 30.3 Å². The van der Waals surface area contributed by atoms with Crippen molar-refractivity contribution in [3.8, 4) is 0 Å². The Morgan fingerprint density at radius 3 is 2.50 bits per heavy atom. The molecule has 3 rings (SSSR count). The van der Waals surface area contributed by atoms with Gasteiger partial charge in [-0.2, -0.15) is 0 Å². The molecule has 0 fully saturated rings. The number of nitrogens with one attached hydrogen (secondary N) is 3. The van der Waals surface area contributed by atoms with Crippen LogP contribution in [0.4, 0.5) is 5.69 Å². The van der Waals surface area contributed by atoms with Gasteiger partial charge < -0.3 is 20.7 Å². The van der Waals surface area contributed by atoms with Crippen LogP contribution in [0.2, 0.25) is 0 Å². The Bertz CT molecular complexity index is 945. The van der Waals surface area contributed by atoms with E-state index < -0.39 is 29.9 Å². The Morgan fingerprint density at radius 1 is 1.07 bits per heavy atom. The van der Waals surface area contributed by atoms with Crippen molar-refractivity contribution in [2.75, 3.05) is 12.4 Å². The lowest BCUT2D eigenvalue weighted by Gasteiger charge is -2.18. The van der Waals surface area contributed by atoms with Gasteiger partial charge in [0.25, 0.3) is 5.91 Å². The second-order valence-electron chi connectivity index (χ2n) is 6.93. The van der Waals surface area contributed by atoms with Gasteiger partial charge in [0.1, 0.15) is 12.1 Å². The number of hydrogen-bond donors (Lipinski definition) is 3. The molecule has 8 nitrogen and oxygen atoms in total. The fourth-order valence-electron chi connectivity index (χ4n) is 3.24. The molecule has 0 spiro atoms. The number of amides is 3. The maximum Gasteiger partial charge on any atom is 0.328 e. The van der Waals surface area contributed by atoms with Crippen LogP contribution in [-0.2, 0) is 25.5 Å².